The highest BCUT2D eigenvalue weighted by Gasteiger charge is 2.06. The summed E-state index contributed by atoms with van der Waals surface area (Å²) in [6.45, 7) is 3.99. The summed E-state index contributed by atoms with van der Waals surface area (Å²) in [6.07, 6.45) is 3.05. The molecule has 2 rings (SSSR count). The molecule has 0 fully saturated rings. The summed E-state index contributed by atoms with van der Waals surface area (Å²) < 4.78 is 0. The summed E-state index contributed by atoms with van der Waals surface area (Å²) in [7, 11) is 0. The Morgan fingerprint density at radius 2 is 2.10 bits per heavy atom. The number of aromatic nitrogens is 1. The van der Waals surface area contributed by atoms with E-state index in [0.717, 1.165) is 23.1 Å². The molecule has 1 N–H and O–H groups in total. The van der Waals surface area contributed by atoms with E-state index in [4.69, 9.17) is 11.6 Å². The minimum atomic E-state index is -0.0127. The molecule has 0 saturated carbocycles. The first-order chi connectivity index (χ1) is 9.60. The first-order valence-corrected chi connectivity index (χ1v) is 7.00. The van der Waals surface area contributed by atoms with E-state index in [2.05, 4.69) is 10.3 Å². The minimum absolute atomic E-state index is 0.0127. The summed E-state index contributed by atoms with van der Waals surface area (Å²) >= 11 is 6.20. The summed E-state index contributed by atoms with van der Waals surface area (Å²) in [5.74, 6) is 0.553. The van der Waals surface area contributed by atoms with Gasteiger partial charge in [-0.15, -0.1) is 0 Å². The van der Waals surface area contributed by atoms with E-state index < -0.39 is 0 Å². The smallest absolute Gasteiger partial charge is 0.225 e. The van der Waals surface area contributed by atoms with Crippen molar-refractivity contribution >= 4 is 23.3 Å². The molecule has 0 radical (unpaired) electrons. The standard InChI is InChI=1S/C16H17ClN2O/c1-3-4-16(20)19-15-8-6-12(10-18-15)13-9-11(2)5-7-14(13)17/h5-10H,3-4H2,1-2H3,(H,18,19,20). The maximum absolute atomic E-state index is 11.5. The van der Waals surface area contributed by atoms with E-state index in [9.17, 15) is 4.79 Å². The molecule has 0 aliphatic heterocycles. The zero-order chi connectivity index (χ0) is 14.5. The second-order valence-corrected chi connectivity index (χ2v) is 5.12. The van der Waals surface area contributed by atoms with Crippen LogP contribution in [0.15, 0.2) is 36.5 Å². The van der Waals surface area contributed by atoms with Crippen molar-refractivity contribution in [1.29, 1.82) is 0 Å². The van der Waals surface area contributed by atoms with Gasteiger partial charge >= 0.3 is 0 Å². The number of anilines is 1. The number of hydrogen-bond acceptors (Lipinski definition) is 2. The van der Waals surface area contributed by atoms with Crippen LogP contribution in [0, 0.1) is 6.92 Å². The molecule has 0 aliphatic carbocycles. The minimum Gasteiger partial charge on any atom is -0.311 e. The van der Waals surface area contributed by atoms with Gasteiger partial charge in [0.1, 0.15) is 5.82 Å². The highest BCUT2D eigenvalue weighted by molar-refractivity contribution is 6.33. The predicted molar refractivity (Wildman–Crippen MR) is 83.0 cm³/mol. The first kappa shape index (κ1) is 14.5. The molecule has 0 bridgehead atoms. The maximum Gasteiger partial charge on any atom is 0.225 e. The van der Waals surface area contributed by atoms with Gasteiger partial charge in [-0.25, -0.2) is 4.98 Å². The van der Waals surface area contributed by atoms with Crippen LogP contribution in [0.4, 0.5) is 5.82 Å². The van der Waals surface area contributed by atoms with Crippen molar-refractivity contribution in [2.45, 2.75) is 26.7 Å². The Hall–Kier alpha value is -1.87. The second kappa shape index (κ2) is 6.53. The summed E-state index contributed by atoms with van der Waals surface area (Å²) in [4.78, 5) is 15.8. The molecular weight excluding hydrogens is 272 g/mol. The molecule has 1 aromatic carbocycles. The molecule has 3 nitrogen and oxygen atoms in total. The normalized spacial score (nSPS) is 10.3. The Morgan fingerprint density at radius 1 is 1.30 bits per heavy atom. The second-order valence-electron chi connectivity index (χ2n) is 4.71. The van der Waals surface area contributed by atoms with Crippen molar-refractivity contribution in [3.05, 3.63) is 47.1 Å². The van der Waals surface area contributed by atoms with Crippen molar-refractivity contribution < 1.29 is 4.79 Å². The Bertz CT molecular complexity index is 608. The third kappa shape index (κ3) is 3.58. The first-order valence-electron chi connectivity index (χ1n) is 6.62. The van der Waals surface area contributed by atoms with E-state index in [1.54, 1.807) is 12.3 Å². The van der Waals surface area contributed by atoms with Crippen LogP contribution in [-0.4, -0.2) is 10.9 Å². The van der Waals surface area contributed by atoms with Gasteiger partial charge < -0.3 is 5.32 Å². The third-order valence-electron chi connectivity index (χ3n) is 2.94. The fraction of sp³-hybridized carbons (Fsp3) is 0.250. The van der Waals surface area contributed by atoms with Gasteiger partial charge in [-0.1, -0.05) is 30.2 Å². The number of pyridine rings is 1. The number of hydrogen-bond donors (Lipinski definition) is 1. The Balaban J connectivity index is 2.19. The Labute approximate surface area is 124 Å². The van der Waals surface area contributed by atoms with Gasteiger partial charge in [-0.2, -0.15) is 0 Å². The molecule has 20 heavy (non-hydrogen) atoms. The zero-order valence-corrected chi connectivity index (χ0v) is 12.4. The van der Waals surface area contributed by atoms with Crippen molar-refractivity contribution in [3.63, 3.8) is 0 Å². The molecule has 0 spiro atoms. The zero-order valence-electron chi connectivity index (χ0n) is 11.6. The van der Waals surface area contributed by atoms with Crippen LogP contribution in [0.3, 0.4) is 0 Å². The van der Waals surface area contributed by atoms with Crippen molar-refractivity contribution in [2.75, 3.05) is 5.32 Å². The van der Waals surface area contributed by atoms with Crippen molar-refractivity contribution in [3.8, 4) is 11.1 Å². The average molecular weight is 289 g/mol. The highest BCUT2D eigenvalue weighted by Crippen LogP contribution is 2.28. The van der Waals surface area contributed by atoms with Gasteiger partial charge in [-0.05, 0) is 37.6 Å². The molecule has 1 heterocycles. The van der Waals surface area contributed by atoms with Crippen LogP contribution in [0.1, 0.15) is 25.3 Å². The van der Waals surface area contributed by atoms with Gasteiger partial charge in [0, 0.05) is 28.8 Å². The summed E-state index contributed by atoms with van der Waals surface area (Å²) in [6, 6.07) is 9.58. The number of halogens is 1. The maximum atomic E-state index is 11.5. The number of benzene rings is 1. The quantitative estimate of drug-likeness (QED) is 0.903. The van der Waals surface area contributed by atoms with Crippen LogP contribution >= 0.6 is 11.6 Å². The van der Waals surface area contributed by atoms with Gasteiger partial charge in [0.05, 0.1) is 0 Å². The van der Waals surface area contributed by atoms with Gasteiger partial charge in [0.25, 0.3) is 0 Å². The molecule has 0 unspecified atom stereocenters. The average Bonchev–Trinajstić information content (AvgIpc) is 2.43. The molecule has 1 aromatic heterocycles. The Morgan fingerprint density at radius 3 is 2.75 bits per heavy atom. The number of rotatable bonds is 4. The van der Waals surface area contributed by atoms with Gasteiger partial charge in [0.2, 0.25) is 5.91 Å². The summed E-state index contributed by atoms with van der Waals surface area (Å²) in [5.41, 5.74) is 3.03. The van der Waals surface area contributed by atoms with Crippen LogP contribution < -0.4 is 5.32 Å². The predicted octanol–water partition coefficient (Wildman–Crippen LogP) is 4.45. The van der Waals surface area contributed by atoms with Crippen molar-refractivity contribution in [2.24, 2.45) is 0 Å². The number of aryl methyl sites for hydroxylation is 1. The van der Waals surface area contributed by atoms with Crippen molar-refractivity contribution in [1.82, 2.24) is 4.98 Å². The fourth-order valence-corrected chi connectivity index (χ4v) is 2.15. The fourth-order valence-electron chi connectivity index (χ4n) is 1.92. The Kier molecular flexibility index (Phi) is 4.74. The largest absolute Gasteiger partial charge is 0.311 e. The third-order valence-corrected chi connectivity index (χ3v) is 3.27. The number of carbonyl (C=O) groups excluding carboxylic acids is 1. The molecule has 104 valence electrons. The topological polar surface area (TPSA) is 42.0 Å². The van der Waals surface area contributed by atoms with E-state index in [1.807, 2.05) is 38.1 Å². The molecule has 0 atom stereocenters. The van der Waals surface area contributed by atoms with E-state index >= 15 is 0 Å². The molecule has 4 heteroatoms. The van der Waals surface area contributed by atoms with Gasteiger partial charge in [0.15, 0.2) is 0 Å². The lowest BCUT2D eigenvalue weighted by Gasteiger charge is -2.07. The van der Waals surface area contributed by atoms with Crippen LogP contribution in [0.2, 0.25) is 5.02 Å². The van der Waals surface area contributed by atoms with Crippen LogP contribution in [0.5, 0.6) is 0 Å². The molecule has 0 saturated heterocycles. The van der Waals surface area contributed by atoms with E-state index in [-0.39, 0.29) is 5.91 Å². The monoisotopic (exact) mass is 288 g/mol. The lowest BCUT2D eigenvalue weighted by molar-refractivity contribution is -0.116. The van der Waals surface area contributed by atoms with E-state index in [0.29, 0.717) is 17.3 Å². The number of nitrogens with zero attached hydrogens (tertiary/aromatic N) is 1. The molecule has 1 amide bonds. The number of nitrogens with one attached hydrogen (secondary N) is 1. The molecule has 0 aliphatic rings. The van der Waals surface area contributed by atoms with Crippen LogP contribution in [-0.2, 0) is 4.79 Å². The van der Waals surface area contributed by atoms with Gasteiger partial charge in [-0.3, -0.25) is 4.79 Å². The molecule has 2 aromatic rings. The highest BCUT2D eigenvalue weighted by atomic mass is 35.5. The van der Waals surface area contributed by atoms with Crippen LogP contribution in [0.25, 0.3) is 11.1 Å². The SMILES string of the molecule is CCCC(=O)Nc1ccc(-c2cc(C)ccc2Cl)cn1. The molecular formula is C16H17ClN2O. The number of amides is 1. The lowest BCUT2D eigenvalue weighted by atomic mass is 10.1. The summed E-state index contributed by atoms with van der Waals surface area (Å²) in [5, 5.41) is 3.46. The number of carbonyl (C=O) groups is 1. The lowest BCUT2D eigenvalue weighted by Crippen LogP contribution is -2.11. The van der Waals surface area contributed by atoms with E-state index in [1.165, 1.54) is 0 Å².